The van der Waals surface area contributed by atoms with Crippen molar-refractivity contribution in [3.63, 3.8) is 0 Å². The van der Waals surface area contributed by atoms with E-state index in [4.69, 9.17) is 5.73 Å². The van der Waals surface area contributed by atoms with Crippen LogP contribution in [0.1, 0.15) is 24.2 Å². The number of fused-ring (bicyclic) bond motifs is 1. The van der Waals surface area contributed by atoms with Crippen molar-refractivity contribution in [2.45, 2.75) is 24.9 Å². The van der Waals surface area contributed by atoms with E-state index >= 15 is 0 Å². The Labute approximate surface area is 162 Å². The highest BCUT2D eigenvalue weighted by atomic mass is 16.4. The number of para-hydroxylation sites is 1. The lowest BCUT2D eigenvalue weighted by molar-refractivity contribution is -0.252. The van der Waals surface area contributed by atoms with E-state index in [2.05, 4.69) is 20.8 Å². The molecule has 2 unspecified atom stereocenters. The fourth-order valence-corrected chi connectivity index (χ4v) is 3.12. The average molecular weight is 380 g/mol. The zero-order valence-electron chi connectivity index (χ0n) is 15.4. The van der Waals surface area contributed by atoms with Crippen LogP contribution in [0.5, 0.6) is 0 Å². The van der Waals surface area contributed by atoms with Gasteiger partial charge in [-0.3, -0.25) is 9.89 Å². The lowest BCUT2D eigenvalue weighted by Gasteiger charge is -2.31. The van der Waals surface area contributed by atoms with Gasteiger partial charge in [0.05, 0.1) is 5.52 Å². The molecule has 28 heavy (non-hydrogen) atoms. The smallest absolute Gasteiger partial charge is 0.245 e. The molecule has 0 radical (unpaired) electrons. The van der Waals surface area contributed by atoms with Crippen molar-refractivity contribution in [3.8, 4) is 0 Å². The summed E-state index contributed by atoms with van der Waals surface area (Å²) in [4.78, 5) is 24.1. The molecule has 5 N–H and O–H groups in total. The second-order valence-corrected chi connectivity index (χ2v) is 6.87. The van der Waals surface area contributed by atoms with Gasteiger partial charge in [0.1, 0.15) is 11.6 Å². The van der Waals surface area contributed by atoms with E-state index in [0.29, 0.717) is 5.69 Å². The molecule has 3 aromatic rings. The number of rotatable bonds is 7. The molecule has 0 aliphatic rings. The summed E-state index contributed by atoms with van der Waals surface area (Å²) in [5.41, 5.74) is 6.92. The monoisotopic (exact) mass is 380 g/mol. The van der Waals surface area contributed by atoms with Crippen molar-refractivity contribution in [3.05, 3.63) is 65.9 Å². The first-order chi connectivity index (χ1) is 13.4. The molecule has 1 heterocycles. The van der Waals surface area contributed by atoms with Crippen LogP contribution in [0.15, 0.2) is 54.6 Å². The topological polar surface area (TPSA) is 136 Å². The molecule has 3 rings (SSSR count). The molecule has 8 nitrogen and oxygen atoms in total. The van der Waals surface area contributed by atoms with Gasteiger partial charge in [0.15, 0.2) is 0 Å². The van der Waals surface area contributed by atoms with Crippen molar-refractivity contribution in [2.24, 2.45) is 5.73 Å². The van der Waals surface area contributed by atoms with Gasteiger partial charge in [0.2, 0.25) is 5.91 Å². The minimum absolute atomic E-state index is 0.0773. The van der Waals surface area contributed by atoms with Crippen molar-refractivity contribution in [1.29, 1.82) is 0 Å². The fraction of sp³-hybridized carbons (Fsp3) is 0.250. The summed E-state index contributed by atoms with van der Waals surface area (Å²) in [6.07, 6.45) is -1.46. The third-order valence-electron chi connectivity index (χ3n) is 4.66. The Kier molecular flexibility index (Phi) is 5.60. The van der Waals surface area contributed by atoms with Gasteiger partial charge in [-0.05, 0) is 18.6 Å². The first kappa shape index (κ1) is 19.4. The number of nitrogens with one attached hydrogen (secondary N) is 3. The molecule has 1 aromatic heterocycles. The maximum Gasteiger partial charge on any atom is 0.245 e. The molecule has 0 fully saturated rings. The van der Waals surface area contributed by atoms with E-state index in [-0.39, 0.29) is 13.0 Å². The van der Waals surface area contributed by atoms with E-state index < -0.39 is 23.6 Å². The number of aromatic amines is 1. The van der Waals surface area contributed by atoms with Gasteiger partial charge in [0.25, 0.3) is 0 Å². The number of carboxylic acid groups (broad SMARTS) is 1. The summed E-state index contributed by atoms with van der Waals surface area (Å²) in [5, 5.41) is 24.1. The zero-order valence-corrected chi connectivity index (χ0v) is 15.4. The standard InChI is InChI=1S/C20H23N5O3/c1-20(23-19(27)28,11-17-14-9-5-6-10-16(14)24-25-17)18(26)22-12-15(21)13-7-3-2-4-8-13/h2-10,15,23H,11-12,21H2,1H3,(H,22,26)(H,24,25)(H,27,28)/p-1. The predicted octanol–water partition coefficient (Wildman–Crippen LogP) is 0.613. The number of nitrogens with two attached hydrogens (primary N) is 1. The minimum Gasteiger partial charge on any atom is -0.530 e. The third-order valence-corrected chi connectivity index (χ3v) is 4.66. The second-order valence-electron chi connectivity index (χ2n) is 6.87. The highest BCUT2D eigenvalue weighted by Crippen LogP contribution is 2.21. The predicted molar refractivity (Wildman–Crippen MR) is 103 cm³/mol. The number of benzene rings is 2. The molecule has 2 aromatic carbocycles. The van der Waals surface area contributed by atoms with Crippen LogP contribution < -0.4 is 21.5 Å². The number of carbonyl (C=O) groups is 2. The van der Waals surface area contributed by atoms with Gasteiger partial charge in [-0.2, -0.15) is 5.10 Å². The summed E-state index contributed by atoms with van der Waals surface area (Å²) in [6, 6.07) is 16.3. The molecular formula is C20H22N5O3-. The molecule has 0 saturated carbocycles. The Morgan fingerprint density at radius 1 is 1.18 bits per heavy atom. The summed E-state index contributed by atoms with van der Waals surface area (Å²) in [7, 11) is 0. The summed E-state index contributed by atoms with van der Waals surface area (Å²) < 4.78 is 0. The van der Waals surface area contributed by atoms with Gasteiger partial charge >= 0.3 is 0 Å². The Bertz CT molecular complexity index is 972. The van der Waals surface area contributed by atoms with Crippen LogP contribution in [0.25, 0.3) is 10.9 Å². The number of hydrogen-bond donors (Lipinski definition) is 4. The van der Waals surface area contributed by atoms with Crippen LogP contribution in [0.3, 0.4) is 0 Å². The number of carbonyl (C=O) groups excluding carboxylic acids is 2. The summed E-state index contributed by atoms with van der Waals surface area (Å²) >= 11 is 0. The Morgan fingerprint density at radius 2 is 1.86 bits per heavy atom. The number of amides is 2. The molecule has 0 aliphatic carbocycles. The quantitative estimate of drug-likeness (QED) is 0.476. The molecule has 0 bridgehead atoms. The third kappa shape index (κ3) is 4.29. The molecule has 2 atom stereocenters. The van der Waals surface area contributed by atoms with Gasteiger partial charge in [0, 0.05) is 30.1 Å². The van der Waals surface area contributed by atoms with Crippen LogP contribution in [0.2, 0.25) is 0 Å². The van der Waals surface area contributed by atoms with Crippen LogP contribution in [-0.4, -0.2) is 34.3 Å². The highest BCUT2D eigenvalue weighted by Gasteiger charge is 2.34. The molecule has 8 heteroatoms. The number of aromatic nitrogens is 2. The van der Waals surface area contributed by atoms with E-state index in [1.807, 2.05) is 54.6 Å². The maximum absolute atomic E-state index is 12.8. The van der Waals surface area contributed by atoms with Crippen molar-refractivity contribution >= 4 is 22.9 Å². The average Bonchev–Trinajstić information content (AvgIpc) is 3.08. The number of hydrogen-bond acceptors (Lipinski definition) is 5. The summed E-state index contributed by atoms with van der Waals surface area (Å²) in [5.74, 6) is -0.498. The zero-order chi connectivity index (χ0) is 20.1. The summed E-state index contributed by atoms with van der Waals surface area (Å²) in [6.45, 7) is 1.67. The minimum atomic E-state index is -1.53. The van der Waals surface area contributed by atoms with E-state index in [1.54, 1.807) is 0 Å². The van der Waals surface area contributed by atoms with Crippen LogP contribution in [0, 0.1) is 0 Å². The van der Waals surface area contributed by atoms with Gasteiger partial charge in [-0.25, -0.2) is 0 Å². The van der Waals surface area contributed by atoms with Crippen LogP contribution >= 0.6 is 0 Å². The van der Waals surface area contributed by atoms with Crippen LogP contribution in [0.4, 0.5) is 4.79 Å². The lowest BCUT2D eigenvalue weighted by Crippen LogP contribution is -2.61. The normalized spacial score (nSPS) is 14.2. The first-order valence-corrected chi connectivity index (χ1v) is 8.89. The highest BCUT2D eigenvalue weighted by molar-refractivity contribution is 5.90. The SMILES string of the molecule is CC(Cc1[nH]nc2ccccc12)(NC(=O)[O-])C(=O)NCC(N)c1ccccc1. The molecule has 0 spiro atoms. The Hall–Kier alpha value is -3.39. The van der Waals surface area contributed by atoms with E-state index in [9.17, 15) is 14.7 Å². The lowest BCUT2D eigenvalue weighted by atomic mass is 9.93. The first-order valence-electron chi connectivity index (χ1n) is 8.89. The number of H-pyrrole nitrogens is 1. The molecule has 2 amide bonds. The van der Waals surface area contributed by atoms with Gasteiger partial charge in [-0.1, -0.05) is 48.5 Å². The van der Waals surface area contributed by atoms with Crippen molar-refractivity contribution in [1.82, 2.24) is 20.8 Å². The largest absolute Gasteiger partial charge is 0.530 e. The van der Waals surface area contributed by atoms with Crippen molar-refractivity contribution < 1.29 is 14.7 Å². The number of nitrogens with zero attached hydrogens (tertiary/aromatic N) is 1. The van der Waals surface area contributed by atoms with Gasteiger partial charge < -0.3 is 26.3 Å². The van der Waals surface area contributed by atoms with Crippen molar-refractivity contribution in [2.75, 3.05) is 6.54 Å². The fourth-order valence-electron chi connectivity index (χ4n) is 3.12. The Balaban J connectivity index is 1.76. The molecule has 0 saturated heterocycles. The van der Waals surface area contributed by atoms with Gasteiger partial charge in [-0.15, -0.1) is 0 Å². The second kappa shape index (κ2) is 8.10. The van der Waals surface area contributed by atoms with E-state index in [0.717, 1.165) is 16.5 Å². The molecule has 0 aliphatic heterocycles. The molecular weight excluding hydrogens is 358 g/mol. The molecule has 146 valence electrons. The maximum atomic E-state index is 12.8. The van der Waals surface area contributed by atoms with E-state index in [1.165, 1.54) is 6.92 Å². The van der Waals surface area contributed by atoms with Crippen LogP contribution in [-0.2, 0) is 11.2 Å². The Morgan fingerprint density at radius 3 is 2.57 bits per heavy atom.